The predicted octanol–water partition coefficient (Wildman–Crippen LogP) is 1.06. The van der Waals surface area contributed by atoms with E-state index in [1.165, 1.54) is 58.4 Å². The van der Waals surface area contributed by atoms with Crippen molar-refractivity contribution in [3.63, 3.8) is 0 Å². The second-order valence-electron chi connectivity index (χ2n) is 8.74. The number of amides is 1. The monoisotopic (exact) mass is 582 g/mol. The zero-order valence-corrected chi connectivity index (χ0v) is 23.2. The highest BCUT2D eigenvalue weighted by atomic mass is 32.2. The number of nitrogens with two attached hydrogens (primary N) is 1. The molecule has 1 aromatic heterocycles. The summed E-state index contributed by atoms with van der Waals surface area (Å²) in [6.45, 7) is 3.78. The molecule has 3 aromatic rings. The van der Waals surface area contributed by atoms with E-state index in [2.05, 4.69) is 4.99 Å². The third-order valence-corrected chi connectivity index (χ3v) is 9.62. The molecule has 1 aliphatic rings. The topological polar surface area (TPSA) is 167 Å². The average molecular weight is 583 g/mol. The largest absolute Gasteiger partial charge is 0.468 e. The van der Waals surface area contributed by atoms with Crippen molar-refractivity contribution in [3.8, 4) is 0 Å². The molecule has 0 saturated carbocycles. The molecule has 0 aliphatic carbocycles. The normalized spacial score (nSPS) is 19.5. The molecular formula is C23H26N4O8S3. The highest BCUT2D eigenvalue weighted by Gasteiger charge is 2.32. The number of sulfonamides is 2. The summed E-state index contributed by atoms with van der Waals surface area (Å²) in [5.74, 6) is -1.28. The van der Waals surface area contributed by atoms with Gasteiger partial charge in [0.1, 0.15) is 6.54 Å². The predicted molar refractivity (Wildman–Crippen MR) is 138 cm³/mol. The molecule has 2 atom stereocenters. The van der Waals surface area contributed by atoms with Gasteiger partial charge in [0.2, 0.25) is 20.0 Å². The van der Waals surface area contributed by atoms with Gasteiger partial charge in [-0.15, -0.1) is 0 Å². The van der Waals surface area contributed by atoms with E-state index in [1.54, 1.807) is 13.8 Å². The lowest BCUT2D eigenvalue weighted by Crippen LogP contribution is -2.48. The number of carbonyl (C=O) groups excluding carboxylic acids is 2. The summed E-state index contributed by atoms with van der Waals surface area (Å²) in [5, 5.41) is 5.22. The van der Waals surface area contributed by atoms with Crippen molar-refractivity contribution in [2.24, 2.45) is 10.1 Å². The summed E-state index contributed by atoms with van der Waals surface area (Å²) in [6.07, 6.45) is -0.487. The van der Waals surface area contributed by atoms with Gasteiger partial charge in [-0.2, -0.15) is 9.30 Å². The van der Waals surface area contributed by atoms with E-state index in [4.69, 9.17) is 14.6 Å². The number of primary sulfonamides is 1. The molecular weight excluding hydrogens is 556 g/mol. The standard InChI is InChI=1S/C23H26N4O8S3/c1-14-11-26(12-15(2)35-14)38(32,33)17-6-4-16(5-7-17)22(29)25-23-27(13-21(28)34-3)19-9-8-18(37(24,30)31)10-20(19)36-23/h4-10,14-15H,11-13H2,1-3H3,(H2,24,30,31)/t14-,15-/m0/s1. The van der Waals surface area contributed by atoms with Crippen LogP contribution in [-0.2, 0) is 40.9 Å². The van der Waals surface area contributed by atoms with Gasteiger partial charge < -0.3 is 14.0 Å². The second-order valence-corrected chi connectivity index (χ2v) is 13.3. The molecule has 2 aromatic carbocycles. The Balaban J connectivity index is 1.69. The number of aromatic nitrogens is 1. The Bertz CT molecular complexity index is 1670. The van der Waals surface area contributed by atoms with Gasteiger partial charge in [0, 0.05) is 18.7 Å². The lowest BCUT2D eigenvalue weighted by molar-refractivity contribution is -0.141. The van der Waals surface area contributed by atoms with Gasteiger partial charge in [0.05, 0.1) is 39.3 Å². The van der Waals surface area contributed by atoms with E-state index < -0.39 is 31.9 Å². The molecule has 1 aliphatic heterocycles. The Labute approximate surface area is 223 Å². The minimum Gasteiger partial charge on any atom is -0.468 e. The van der Waals surface area contributed by atoms with Crippen molar-refractivity contribution in [2.75, 3.05) is 20.2 Å². The highest BCUT2D eigenvalue weighted by Crippen LogP contribution is 2.23. The fraction of sp³-hybridized carbons (Fsp3) is 0.348. The smallest absolute Gasteiger partial charge is 0.325 e. The fourth-order valence-corrected chi connectivity index (χ4v) is 7.33. The van der Waals surface area contributed by atoms with Crippen molar-refractivity contribution in [3.05, 3.63) is 52.8 Å². The van der Waals surface area contributed by atoms with Crippen LogP contribution in [0.5, 0.6) is 0 Å². The molecule has 1 fully saturated rings. The molecule has 2 N–H and O–H groups in total. The number of hydrogen-bond acceptors (Lipinski definition) is 9. The van der Waals surface area contributed by atoms with Crippen molar-refractivity contribution in [1.82, 2.24) is 8.87 Å². The summed E-state index contributed by atoms with van der Waals surface area (Å²) in [5.41, 5.74) is 0.578. The van der Waals surface area contributed by atoms with Gasteiger partial charge in [-0.25, -0.2) is 22.0 Å². The summed E-state index contributed by atoms with van der Waals surface area (Å²) >= 11 is 0.989. The van der Waals surface area contributed by atoms with E-state index in [1.807, 2.05) is 0 Å². The summed E-state index contributed by atoms with van der Waals surface area (Å²) < 4.78 is 63.3. The molecule has 4 rings (SSSR count). The van der Waals surface area contributed by atoms with Gasteiger partial charge in [-0.3, -0.25) is 9.59 Å². The Kier molecular flexibility index (Phi) is 7.88. The fourth-order valence-electron chi connectivity index (χ4n) is 4.06. The van der Waals surface area contributed by atoms with Gasteiger partial charge in [-0.1, -0.05) is 11.3 Å². The van der Waals surface area contributed by atoms with Crippen LogP contribution in [-0.4, -0.2) is 70.0 Å². The number of morpholine rings is 1. The van der Waals surface area contributed by atoms with Crippen LogP contribution >= 0.6 is 11.3 Å². The number of methoxy groups -OCH3 is 1. The number of benzene rings is 2. The maximum Gasteiger partial charge on any atom is 0.325 e. The van der Waals surface area contributed by atoms with Crippen molar-refractivity contribution >= 4 is 53.5 Å². The van der Waals surface area contributed by atoms with Crippen LogP contribution in [0.1, 0.15) is 24.2 Å². The number of nitrogens with zero attached hydrogens (tertiary/aromatic N) is 3. The number of fused-ring (bicyclic) bond motifs is 1. The van der Waals surface area contributed by atoms with Crippen LogP contribution in [0, 0.1) is 0 Å². The minimum absolute atomic E-state index is 0.0356. The van der Waals surface area contributed by atoms with E-state index in [-0.39, 0.29) is 52.0 Å². The van der Waals surface area contributed by atoms with Crippen molar-refractivity contribution in [1.29, 1.82) is 0 Å². The summed E-state index contributed by atoms with van der Waals surface area (Å²) in [6, 6.07) is 9.50. The Morgan fingerprint density at radius 2 is 1.66 bits per heavy atom. The maximum absolute atomic E-state index is 13.1. The minimum atomic E-state index is -3.97. The van der Waals surface area contributed by atoms with E-state index in [0.717, 1.165) is 11.3 Å². The number of ether oxygens (including phenoxy) is 2. The number of carbonyl (C=O) groups is 2. The average Bonchev–Trinajstić information content (AvgIpc) is 3.18. The van der Waals surface area contributed by atoms with Gasteiger partial charge in [0.25, 0.3) is 5.91 Å². The van der Waals surface area contributed by atoms with Crippen molar-refractivity contribution in [2.45, 2.75) is 42.4 Å². The Morgan fingerprint density at radius 3 is 2.24 bits per heavy atom. The van der Waals surface area contributed by atoms with Crippen molar-refractivity contribution < 1.29 is 35.9 Å². The molecule has 0 radical (unpaired) electrons. The first-order valence-corrected chi connectivity index (χ1v) is 15.2. The van der Waals surface area contributed by atoms with Gasteiger partial charge in [0.15, 0.2) is 4.80 Å². The molecule has 2 heterocycles. The zero-order chi connectivity index (χ0) is 27.8. The molecule has 204 valence electrons. The van der Waals surface area contributed by atoms with E-state index in [0.29, 0.717) is 10.2 Å². The lowest BCUT2D eigenvalue weighted by atomic mass is 10.2. The summed E-state index contributed by atoms with van der Waals surface area (Å²) in [4.78, 5) is 29.2. The third-order valence-electron chi connectivity index (χ3n) is 5.82. The van der Waals surface area contributed by atoms with E-state index >= 15 is 0 Å². The van der Waals surface area contributed by atoms with Crippen LogP contribution in [0.3, 0.4) is 0 Å². The molecule has 0 bridgehead atoms. The Morgan fingerprint density at radius 1 is 1.05 bits per heavy atom. The third kappa shape index (κ3) is 5.87. The first-order valence-electron chi connectivity index (χ1n) is 11.4. The molecule has 0 spiro atoms. The number of esters is 1. The molecule has 1 amide bonds. The van der Waals surface area contributed by atoms with Crippen LogP contribution in [0.15, 0.2) is 57.2 Å². The number of hydrogen-bond donors (Lipinski definition) is 1. The first-order chi connectivity index (χ1) is 17.8. The quantitative estimate of drug-likeness (QED) is 0.421. The molecule has 1 saturated heterocycles. The molecule has 12 nitrogen and oxygen atoms in total. The van der Waals surface area contributed by atoms with Crippen LogP contribution < -0.4 is 9.94 Å². The van der Waals surface area contributed by atoms with Crippen LogP contribution in [0.4, 0.5) is 0 Å². The van der Waals surface area contributed by atoms with Gasteiger partial charge in [-0.05, 0) is 56.3 Å². The lowest BCUT2D eigenvalue weighted by Gasteiger charge is -2.34. The zero-order valence-electron chi connectivity index (χ0n) is 20.7. The number of thiazole rings is 1. The maximum atomic E-state index is 13.1. The van der Waals surface area contributed by atoms with E-state index in [9.17, 15) is 26.4 Å². The first kappa shape index (κ1) is 28.1. The number of rotatable bonds is 6. The highest BCUT2D eigenvalue weighted by molar-refractivity contribution is 7.89. The molecule has 0 unspecified atom stereocenters. The summed E-state index contributed by atoms with van der Waals surface area (Å²) in [7, 11) is -6.55. The SMILES string of the molecule is COC(=O)Cn1c(=NC(=O)c2ccc(S(=O)(=O)N3C[C@H](C)O[C@@H](C)C3)cc2)sc2cc(S(N)(=O)=O)ccc21. The Hall–Kier alpha value is -2.95. The molecule has 38 heavy (non-hydrogen) atoms. The van der Waals surface area contributed by atoms with Crippen LogP contribution in [0.2, 0.25) is 0 Å². The second kappa shape index (κ2) is 10.7. The molecule has 15 heteroatoms. The van der Waals surface area contributed by atoms with Crippen LogP contribution in [0.25, 0.3) is 10.2 Å². The van der Waals surface area contributed by atoms with Gasteiger partial charge >= 0.3 is 5.97 Å².